The quantitative estimate of drug-likeness (QED) is 0.868. The lowest BCUT2D eigenvalue weighted by Crippen LogP contribution is -2.45. The second-order valence-electron chi connectivity index (χ2n) is 5.36. The fourth-order valence-corrected chi connectivity index (χ4v) is 3.71. The molecular formula is C17H16FN3O2S. The molecule has 2 heterocycles. The standard InChI is InChI=1S/C17H16FN3O2S/c1-2-16(22)21-6-7-24-15(10-21)17(23)20-14-9-19-8-12-11(14)4-3-5-13(12)18/h2-5,8-9,15H,1,6-7,10H2,(H,20,23). The number of anilines is 1. The van der Waals surface area contributed by atoms with E-state index in [-0.39, 0.29) is 22.9 Å². The minimum absolute atomic E-state index is 0.179. The zero-order valence-corrected chi connectivity index (χ0v) is 13.7. The molecule has 0 saturated carbocycles. The molecule has 0 radical (unpaired) electrons. The number of halogens is 1. The van der Waals surface area contributed by atoms with E-state index in [1.807, 2.05) is 0 Å². The van der Waals surface area contributed by atoms with E-state index in [0.717, 1.165) is 0 Å². The molecule has 1 saturated heterocycles. The summed E-state index contributed by atoms with van der Waals surface area (Å²) in [7, 11) is 0. The molecule has 2 aromatic rings. The molecule has 1 unspecified atom stereocenters. The molecule has 1 aromatic heterocycles. The van der Waals surface area contributed by atoms with E-state index in [4.69, 9.17) is 0 Å². The van der Waals surface area contributed by atoms with Gasteiger partial charge in [0.2, 0.25) is 11.8 Å². The van der Waals surface area contributed by atoms with Gasteiger partial charge in [-0.2, -0.15) is 0 Å². The van der Waals surface area contributed by atoms with Crippen molar-refractivity contribution in [2.75, 3.05) is 24.2 Å². The number of aromatic nitrogens is 1. The van der Waals surface area contributed by atoms with Crippen LogP contribution in [0.15, 0.2) is 43.2 Å². The zero-order chi connectivity index (χ0) is 17.1. The number of benzene rings is 1. The lowest BCUT2D eigenvalue weighted by molar-refractivity contribution is -0.126. The molecule has 7 heteroatoms. The normalized spacial score (nSPS) is 17.5. The van der Waals surface area contributed by atoms with Gasteiger partial charge in [-0.25, -0.2) is 4.39 Å². The largest absolute Gasteiger partial charge is 0.337 e. The van der Waals surface area contributed by atoms with Crippen molar-refractivity contribution in [3.63, 3.8) is 0 Å². The molecule has 1 N–H and O–H groups in total. The van der Waals surface area contributed by atoms with Gasteiger partial charge in [-0.3, -0.25) is 14.6 Å². The first-order chi connectivity index (χ1) is 11.6. The van der Waals surface area contributed by atoms with Crippen LogP contribution in [0.1, 0.15) is 0 Å². The van der Waals surface area contributed by atoms with Gasteiger partial charge in [0.05, 0.1) is 11.9 Å². The van der Waals surface area contributed by atoms with E-state index < -0.39 is 0 Å². The lowest BCUT2D eigenvalue weighted by atomic mass is 10.1. The van der Waals surface area contributed by atoms with Gasteiger partial charge in [0.25, 0.3) is 0 Å². The van der Waals surface area contributed by atoms with Crippen molar-refractivity contribution in [1.29, 1.82) is 0 Å². The number of hydrogen-bond donors (Lipinski definition) is 1. The Balaban J connectivity index is 1.79. The molecule has 2 amide bonds. The highest BCUT2D eigenvalue weighted by Crippen LogP contribution is 2.26. The Bertz CT molecular complexity index is 812. The predicted molar refractivity (Wildman–Crippen MR) is 93.4 cm³/mol. The lowest BCUT2D eigenvalue weighted by Gasteiger charge is -2.30. The van der Waals surface area contributed by atoms with E-state index in [1.54, 1.807) is 17.0 Å². The number of amides is 2. The third kappa shape index (κ3) is 3.26. The first-order valence-electron chi connectivity index (χ1n) is 7.46. The van der Waals surface area contributed by atoms with Crippen LogP contribution in [-0.2, 0) is 9.59 Å². The summed E-state index contributed by atoms with van der Waals surface area (Å²) >= 11 is 1.50. The molecule has 1 aliphatic rings. The van der Waals surface area contributed by atoms with Crippen LogP contribution in [0.3, 0.4) is 0 Å². The summed E-state index contributed by atoms with van der Waals surface area (Å²) in [5.74, 6) is -0.104. The van der Waals surface area contributed by atoms with Crippen LogP contribution in [-0.4, -0.2) is 45.8 Å². The smallest absolute Gasteiger partial charge is 0.246 e. The molecular weight excluding hydrogens is 329 g/mol. The van der Waals surface area contributed by atoms with Crippen molar-refractivity contribution in [2.24, 2.45) is 0 Å². The van der Waals surface area contributed by atoms with Crippen LogP contribution in [0.2, 0.25) is 0 Å². The van der Waals surface area contributed by atoms with Gasteiger partial charge < -0.3 is 10.2 Å². The van der Waals surface area contributed by atoms with Crippen LogP contribution >= 0.6 is 11.8 Å². The molecule has 0 aliphatic carbocycles. The molecule has 0 spiro atoms. The Morgan fingerprint density at radius 3 is 3.00 bits per heavy atom. The van der Waals surface area contributed by atoms with Crippen LogP contribution in [0.5, 0.6) is 0 Å². The maximum Gasteiger partial charge on any atom is 0.246 e. The van der Waals surface area contributed by atoms with Gasteiger partial charge in [-0.15, -0.1) is 11.8 Å². The number of thioether (sulfide) groups is 1. The van der Waals surface area contributed by atoms with Crippen molar-refractivity contribution in [3.05, 3.63) is 49.1 Å². The Kier molecular flexibility index (Phi) is 4.80. The fraction of sp³-hybridized carbons (Fsp3) is 0.235. The molecule has 124 valence electrons. The summed E-state index contributed by atoms with van der Waals surface area (Å²) in [6, 6.07) is 4.68. The van der Waals surface area contributed by atoms with Crippen molar-refractivity contribution < 1.29 is 14.0 Å². The van der Waals surface area contributed by atoms with Gasteiger partial charge in [0.15, 0.2) is 0 Å². The van der Waals surface area contributed by atoms with Crippen LogP contribution in [0.25, 0.3) is 10.8 Å². The average Bonchev–Trinajstić information content (AvgIpc) is 2.62. The summed E-state index contributed by atoms with van der Waals surface area (Å²) in [6.45, 7) is 4.40. The summed E-state index contributed by atoms with van der Waals surface area (Å²) in [4.78, 5) is 29.9. The first-order valence-corrected chi connectivity index (χ1v) is 8.51. The third-order valence-electron chi connectivity index (χ3n) is 3.85. The Morgan fingerprint density at radius 1 is 1.38 bits per heavy atom. The molecule has 1 fully saturated rings. The maximum atomic E-state index is 13.8. The molecule has 1 aliphatic heterocycles. The summed E-state index contributed by atoms with van der Waals surface area (Å²) in [6.07, 6.45) is 4.18. The number of nitrogens with one attached hydrogen (secondary N) is 1. The van der Waals surface area contributed by atoms with Crippen molar-refractivity contribution in [1.82, 2.24) is 9.88 Å². The number of hydrogen-bond acceptors (Lipinski definition) is 4. The van der Waals surface area contributed by atoms with E-state index in [1.165, 1.54) is 36.3 Å². The Labute approximate surface area is 142 Å². The summed E-state index contributed by atoms with van der Waals surface area (Å²) in [5, 5.41) is 3.38. The highest BCUT2D eigenvalue weighted by Gasteiger charge is 2.28. The molecule has 5 nitrogen and oxygen atoms in total. The van der Waals surface area contributed by atoms with Gasteiger partial charge >= 0.3 is 0 Å². The van der Waals surface area contributed by atoms with Gasteiger partial charge in [-0.1, -0.05) is 18.7 Å². The number of nitrogens with zero attached hydrogens (tertiary/aromatic N) is 2. The molecule has 0 bridgehead atoms. The molecule has 1 aromatic carbocycles. The van der Waals surface area contributed by atoms with E-state index >= 15 is 0 Å². The Hall–Kier alpha value is -2.41. The molecule has 1 atom stereocenters. The van der Waals surface area contributed by atoms with Crippen molar-refractivity contribution >= 4 is 40.0 Å². The van der Waals surface area contributed by atoms with E-state index in [2.05, 4.69) is 16.9 Å². The van der Waals surface area contributed by atoms with Gasteiger partial charge in [-0.05, 0) is 12.1 Å². The van der Waals surface area contributed by atoms with E-state index in [0.29, 0.717) is 35.3 Å². The number of fused-ring (bicyclic) bond motifs is 1. The second kappa shape index (κ2) is 7.00. The highest BCUT2D eigenvalue weighted by atomic mass is 32.2. The van der Waals surface area contributed by atoms with Crippen molar-refractivity contribution in [2.45, 2.75) is 5.25 Å². The van der Waals surface area contributed by atoms with E-state index in [9.17, 15) is 14.0 Å². The van der Waals surface area contributed by atoms with Crippen LogP contribution in [0.4, 0.5) is 10.1 Å². The minimum Gasteiger partial charge on any atom is -0.337 e. The Morgan fingerprint density at radius 2 is 2.21 bits per heavy atom. The fourth-order valence-electron chi connectivity index (χ4n) is 2.61. The SMILES string of the molecule is C=CC(=O)N1CCSC(C(=O)Nc2cncc3c(F)cccc23)C1. The minimum atomic E-state index is -0.383. The monoisotopic (exact) mass is 345 g/mol. The summed E-state index contributed by atoms with van der Waals surface area (Å²) < 4.78 is 13.8. The molecule has 3 rings (SSSR count). The molecule has 24 heavy (non-hydrogen) atoms. The third-order valence-corrected chi connectivity index (χ3v) is 5.04. The summed E-state index contributed by atoms with van der Waals surface area (Å²) in [5.41, 5.74) is 0.463. The second-order valence-corrected chi connectivity index (χ2v) is 6.67. The van der Waals surface area contributed by atoms with Crippen molar-refractivity contribution in [3.8, 4) is 0 Å². The number of rotatable bonds is 3. The predicted octanol–water partition coefficient (Wildman–Crippen LogP) is 2.44. The highest BCUT2D eigenvalue weighted by molar-refractivity contribution is 8.00. The first kappa shape index (κ1) is 16.4. The number of carbonyl (C=O) groups excluding carboxylic acids is 2. The van der Waals surface area contributed by atoms with Gasteiger partial charge in [0.1, 0.15) is 11.1 Å². The zero-order valence-electron chi connectivity index (χ0n) is 12.9. The number of pyridine rings is 1. The maximum absolute atomic E-state index is 13.8. The average molecular weight is 345 g/mol. The van der Waals surface area contributed by atoms with Crippen LogP contribution < -0.4 is 5.32 Å². The number of carbonyl (C=O) groups is 2. The topological polar surface area (TPSA) is 62.3 Å². The van der Waals surface area contributed by atoms with Gasteiger partial charge in [0, 0.05) is 35.8 Å². The van der Waals surface area contributed by atoms with Crippen LogP contribution in [0, 0.1) is 5.82 Å².